The quantitative estimate of drug-likeness (QED) is 0.500. The van der Waals surface area contributed by atoms with Gasteiger partial charge in [-0.25, -0.2) is 13.6 Å². The van der Waals surface area contributed by atoms with E-state index in [0.29, 0.717) is 29.1 Å². The molecule has 1 N–H and O–H groups in total. The Morgan fingerprint density at radius 3 is 2.51 bits per heavy atom. The number of methoxy groups -OCH3 is 2. The molecule has 2 aromatic carbocycles. The third kappa shape index (κ3) is 5.59. The van der Waals surface area contributed by atoms with E-state index in [0.717, 1.165) is 24.0 Å². The molecule has 1 aliphatic rings. The van der Waals surface area contributed by atoms with Crippen molar-refractivity contribution in [2.75, 3.05) is 33.9 Å². The Kier molecular flexibility index (Phi) is 8.74. The van der Waals surface area contributed by atoms with Crippen LogP contribution in [0.15, 0.2) is 46.0 Å². The molecule has 1 aromatic heterocycles. The molecule has 0 radical (unpaired) electrons. The summed E-state index contributed by atoms with van der Waals surface area (Å²) in [5, 5.41) is 3.53. The monoisotopic (exact) mass is 511 g/mol. The largest absolute Gasteiger partial charge is 0.493 e. The average Bonchev–Trinajstić information content (AvgIpc) is 2.86. The second-order valence-electron chi connectivity index (χ2n) is 8.11. The molecule has 1 fully saturated rings. The number of aromatic nitrogens is 2. The van der Waals surface area contributed by atoms with Crippen LogP contribution in [0.1, 0.15) is 24.4 Å². The topological polar surface area (TPSA) is 83.7 Å². The molecular weight excluding hydrogens is 484 g/mol. The number of rotatable bonds is 8. The summed E-state index contributed by atoms with van der Waals surface area (Å²) in [5.41, 5.74) is 0.186. The lowest BCUT2D eigenvalue weighted by atomic mass is 10.1. The highest BCUT2D eigenvalue weighted by atomic mass is 35.5. The van der Waals surface area contributed by atoms with Crippen LogP contribution in [0.4, 0.5) is 8.78 Å². The molecule has 1 atom stereocenters. The summed E-state index contributed by atoms with van der Waals surface area (Å²) >= 11 is 0. The lowest BCUT2D eigenvalue weighted by Gasteiger charge is -2.27. The van der Waals surface area contributed by atoms with Crippen molar-refractivity contribution in [2.45, 2.75) is 31.9 Å². The highest BCUT2D eigenvalue weighted by molar-refractivity contribution is 5.85. The van der Waals surface area contributed by atoms with Crippen LogP contribution < -0.4 is 30.8 Å². The van der Waals surface area contributed by atoms with Gasteiger partial charge in [-0.3, -0.25) is 13.9 Å². The van der Waals surface area contributed by atoms with Gasteiger partial charge in [-0.2, -0.15) is 0 Å². The van der Waals surface area contributed by atoms with Gasteiger partial charge in [0.25, 0.3) is 12.0 Å². The van der Waals surface area contributed by atoms with Crippen molar-refractivity contribution in [1.29, 1.82) is 0 Å². The Morgan fingerprint density at radius 2 is 1.86 bits per heavy atom. The van der Waals surface area contributed by atoms with Crippen LogP contribution in [-0.4, -0.2) is 49.5 Å². The molecule has 0 aliphatic carbocycles. The number of benzene rings is 2. The number of hydrogen-bond acceptors (Lipinski definition) is 6. The van der Waals surface area contributed by atoms with E-state index >= 15 is 0 Å². The highest BCUT2D eigenvalue weighted by Crippen LogP contribution is 2.28. The molecule has 35 heavy (non-hydrogen) atoms. The van der Waals surface area contributed by atoms with Gasteiger partial charge in [-0.1, -0.05) is 6.07 Å². The lowest BCUT2D eigenvalue weighted by Crippen LogP contribution is -2.44. The summed E-state index contributed by atoms with van der Waals surface area (Å²) in [6.45, 7) is 0.682. The van der Waals surface area contributed by atoms with Gasteiger partial charge < -0.3 is 19.5 Å². The molecule has 190 valence electrons. The predicted octanol–water partition coefficient (Wildman–Crippen LogP) is 3.22. The maximum absolute atomic E-state index is 13.6. The normalized spacial score (nSPS) is 15.6. The van der Waals surface area contributed by atoms with Crippen molar-refractivity contribution in [1.82, 2.24) is 14.5 Å². The van der Waals surface area contributed by atoms with E-state index in [4.69, 9.17) is 14.2 Å². The van der Waals surface area contributed by atoms with Gasteiger partial charge in [-0.05, 0) is 55.3 Å². The number of ether oxygens (including phenoxy) is 3. The van der Waals surface area contributed by atoms with Crippen molar-refractivity contribution in [3.63, 3.8) is 0 Å². The molecule has 0 bridgehead atoms. The van der Waals surface area contributed by atoms with E-state index in [1.165, 1.54) is 26.4 Å². The molecule has 2 heterocycles. The Hall–Kier alpha value is -3.11. The van der Waals surface area contributed by atoms with E-state index in [2.05, 4.69) is 5.32 Å². The average molecular weight is 512 g/mol. The van der Waals surface area contributed by atoms with Crippen LogP contribution >= 0.6 is 12.4 Å². The van der Waals surface area contributed by atoms with Crippen molar-refractivity contribution < 1.29 is 23.0 Å². The maximum Gasteiger partial charge on any atom is 0.332 e. The van der Waals surface area contributed by atoms with Gasteiger partial charge in [0.1, 0.15) is 12.4 Å². The summed E-state index contributed by atoms with van der Waals surface area (Å²) < 4.78 is 43.8. The van der Waals surface area contributed by atoms with Gasteiger partial charge in [-0.15, -0.1) is 12.4 Å². The maximum atomic E-state index is 13.6. The second kappa shape index (κ2) is 11.5. The molecule has 0 saturated carbocycles. The number of nitrogens with one attached hydrogen (secondary N) is 1. The fraction of sp³-hybridized carbons (Fsp3) is 0.417. The van der Waals surface area contributed by atoms with Crippen LogP contribution in [0.25, 0.3) is 10.9 Å². The molecule has 8 nitrogen and oxygen atoms in total. The van der Waals surface area contributed by atoms with Gasteiger partial charge in [0.2, 0.25) is 0 Å². The zero-order valence-electron chi connectivity index (χ0n) is 19.5. The fourth-order valence-corrected chi connectivity index (χ4v) is 4.32. The van der Waals surface area contributed by atoms with E-state index in [1.807, 2.05) is 0 Å². The second-order valence-corrected chi connectivity index (χ2v) is 8.11. The van der Waals surface area contributed by atoms with Crippen molar-refractivity contribution in [3.05, 3.63) is 62.8 Å². The number of alkyl halides is 2. The first-order chi connectivity index (χ1) is 16.4. The van der Waals surface area contributed by atoms with Crippen LogP contribution in [0.3, 0.4) is 0 Å². The van der Waals surface area contributed by atoms with Gasteiger partial charge in [0, 0.05) is 6.54 Å². The lowest BCUT2D eigenvalue weighted by molar-refractivity contribution is 0.0819. The van der Waals surface area contributed by atoms with E-state index in [-0.39, 0.29) is 36.1 Å². The number of piperidine rings is 1. The number of halogens is 3. The van der Waals surface area contributed by atoms with Gasteiger partial charge in [0.15, 0.2) is 11.5 Å². The van der Waals surface area contributed by atoms with Crippen LogP contribution in [-0.2, 0) is 6.54 Å². The first kappa shape index (κ1) is 26.5. The SMILES string of the molecule is COc1ccc(Cn2c(=O)c3cc(OCC(F)F)ccc3n(C3CCCNC3)c2=O)cc1OC.Cl. The Bertz CT molecular complexity index is 1290. The number of nitrogens with zero attached hydrogens (tertiary/aromatic N) is 2. The summed E-state index contributed by atoms with van der Waals surface area (Å²) in [4.78, 5) is 27.0. The highest BCUT2D eigenvalue weighted by Gasteiger charge is 2.22. The summed E-state index contributed by atoms with van der Waals surface area (Å²) in [6.07, 6.45) is -0.969. The number of fused-ring (bicyclic) bond motifs is 1. The van der Waals surface area contributed by atoms with E-state index in [9.17, 15) is 18.4 Å². The smallest absolute Gasteiger partial charge is 0.332 e. The molecule has 0 amide bonds. The molecule has 3 aromatic rings. The standard InChI is InChI=1S/C24H27F2N3O5.ClH/c1-32-20-8-5-15(10-21(20)33-2)13-28-23(30)18-11-17(34-14-22(25)26)6-7-19(18)29(24(28)31)16-4-3-9-27-12-16;/h5-8,10-11,16,22,27H,3-4,9,12-14H2,1-2H3;1H. The zero-order chi connectivity index (χ0) is 24.2. The minimum atomic E-state index is -2.64. The third-order valence-corrected chi connectivity index (χ3v) is 5.94. The molecule has 4 rings (SSSR count). The third-order valence-electron chi connectivity index (χ3n) is 5.94. The van der Waals surface area contributed by atoms with E-state index in [1.54, 1.807) is 28.8 Å². The first-order valence-electron chi connectivity index (χ1n) is 11.0. The van der Waals surface area contributed by atoms with Crippen LogP contribution in [0.2, 0.25) is 0 Å². The first-order valence-corrected chi connectivity index (χ1v) is 11.0. The molecule has 1 unspecified atom stereocenters. The minimum Gasteiger partial charge on any atom is -0.493 e. The molecule has 1 saturated heterocycles. The van der Waals surface area contributed by atoms with Crippen molar-refractivity contribution in [3.8, 4) is 17.2 Å². The molecule has 1 aliphatic heterocycles. The summed E-state index contributed by atoms with van der Waals surface area (Å²) in [5.74, 6) is 1.16. The van der Waals surface area contributed by atoms with Crippen LogP contribution in [0, 0.1) is 0 Å². The minimum absolute atomic E-state index is 0. The van der Waals surface area contributed by atoms with Gasteiger partial charge in [0.05, 0.1) is 37.7 Å². The number of hydrogen-bond donors (Lipinski definition) is 1. The Labute approximate surface area is 206 Å². The van der Waals surface area contributed by atoms with Crippen LogP contribution in [0.5, 0.6) is 17.2 Å². The predicted molar refractivity (Wildman–Crippen MR) is 131 cm³/mol. The Balaban J connectivity index is 0.00000342. The van der Waals surface area contributed by atoms with Crippen molar-refractivity contribution >= 4 is 23.3 Å². The molecule has 0 spiro atoms. The van der Waals surface area contributed by atoms with Crippen molar-refractivity contribution in [2.24, 2.45) is 0 Å². The fourth-order valence-electron chi connectivity index (χ4n) is 4.32. The van der Waals surface area contributed by atoms with Gasteiger partial charge >= 0.3 is 5.69 Å². The molecule has 11 heteroatoms. The molecular formula is C24H28ClF2N3O5. The zero-order valence-corrected chi connectivity index (χ0v) is 20.3. The summed E-state index contributed by atoms with van der Waals surface area (Å²) in [6, 6.07) is 9.56. The Morgan fingerprint density at radius 1 is 1.09 bits per heavy atom. The summed E-state index contributed by atoms with van der Waals surface area (Å²) in [7, 11) is 3.03. The van der Waals surface area contributed by atoms with E-state index < -0.39 is 24.3 Å².